The van der Waals surface area contributed by atoms with Gasteiger partial charge in [-0.3, -0.25) is 9.59 Å². The summed E-state index contributed by atoms with van der Waals surface area (Å²) in [6.45, 7) is 0. The van der Waals surface area contributed by atoms with Gasteiger partial charge in [-0.1, -0.05) is 11.6 Å². The second kappa shape index (κ2) is 5.28. The molecule has 3 nitrogen and oxygen atoms in total. The van der Waals surface area contributed by atoms with Crippen LogP contribution in [-0.4, -0.2) is 18.7 Å². The van der Waals surface area contributed by atoms with Gasteiger partial charge in [0.2, 0.25) is 5.91 Å². The number of ketones is 1. The first kappa shape index (κ1) is 14.3. The number of rotatable bonds is 2. The van der Waals surface area contributed by atoms with E-state index < -0.39 is 0 Å². The number of hydrogen-bond donors (Lipinski definition) is 0. The Kier molecular flexibility index (Phi) is 3.59. The van der Waals surface area contributed by atoms with Gasteiger partial charge in [0, 0.05) is 28.3 Å². The van der Waals surface area contributed by atoms with Crippen LogP contribution in [0.3, 0.4) is 0 Å². The minimum Gasteiger partial charge on any atom is -0.315 e. The summed E-state index contributed by atoms with van der Waals surface area (Å²) in [5, 5.41) is 0.497. The molecule has 0 atom stereocenters. The second-order valence-corrected chi connectivity index (χ2v) is 6.19. The van der Waals surface area contributed by atoms with Crippen molar-refractivity contribution in [1.29, 1.82) is 0 Å². The number of benzene rings is 2. The molecule has 0 fully saturated rings. The van der Waals surface area contributed by atoms with Crippen molar-refractivity contribution in [2.24, 2.45) is 0 Å². The third-order valence-corrected chi connectivity index (χ3v) is 4.83. The summed E-state index contributed by atoms with van der Waals surface area (Å²) in [6.07, 6.45) is 0.341. The van der Waals surface area contributed by atoms with Gasteiger partial charge in [-0.2, -0.15) is 0 Å². The van der Waals surface area contributed by atoms with Crippen LogP contribution in [0.25, 0.3) is 0 Å². The van der Waals surface area contributed by atoms with Gasteiger partial charge in [-0.25, -0.2) is 0 Å². The van der Waals surface area contributed by atoms with Crippen LogP contribution in [0.2, 0.25) is 5.02 Å². The molecular weight excluding hydrogens is 354 g/mol. The average molecular weight is 365 g/mol. The van der Waals surface area contributed by atoms with Crippen molar-refractivity contribution in [1.82, 2.24) is 0 Å². The topological polar surface area (TPSA) is 37.4 Å². The van der Waals surface area contributed by atoms with Crippen LogP contribution < -0.4 is 4.90 Å². The second-order valence-electron chi connectivity index (χ2n) is 4.93. The van der Waals surface area contributed by atoms with E-state index in [0.717, 1.165) is 15.7 Å². The van der Waals surface area contributed by atoms with Crippen molar-refractivity contribution in [2.75, 3.05) is 11.9 Å². The van der Waals surface area contributed by atoms with E-state index in [-0.39, 0.29) is 11.7 Å². The predicted molar refractivity (Wildman–Crippen MR) is 86.1 cm³/mol. The summed E-state index contributed by atoms with van der Waals surface area (Å²) in [7, 11) is 1.74. The molecule has 5 heteroatoms. The maximum Gasteiger partial charge on any atom is 0.231 e. The molecule has 0 N–H and O–H groups in total. The molecule has 106 valence electrons. The predicted octanol–water partition coefficient (Wildman–Crippen LogP) is 3.85. The Morgan fingerprint density at radius 2 is 1.86 bits per heavy atom. The van der Waals surface area contributed by atoms with Gasteiger partial charge in [0.1, 0.15) is 0 Å². The highest BCUT2D eigenvalue weighted by Crippen LogP contribution is 2.30. The Hall–Kier alpha value is -1.65. The molecule has 3 rings (SSSR count). The fraction of sp³-hybridized carbons (Fsp3) is 0.125. The van der Waals surface area contributed by atoms with Crippen LogP contribution in [0.1, 0.15) is 21.5 Å². The lowest BCUT2D eigenvalue weighted by Crippen LogP contribution is -2.20. The van der Waals surface area contributed by atoms with Crippen LogP contribution >= 0.6 is 27.5 Å². The van der Waals surface area contributed by atoms with E-state index in [1.807, 2.05) is 6.07 Å². The van der Waals surface area contributed by atoms with Crippen LogP contribution in [0.5, 0.6) is 0 Å². The number of nitrogens with zero attached hydrogens (tertiary/aromatic N) is 1. The van der Waals surface area contributed by atoms with E-state index in [1.165, 1.54) is 0 Å². The largest absolute Gasteiger partial charge is 0.315 e. The molecule has 0 aliphatic carbocycles. The van der Waals surface area contributed by atoms with Gasteiger partial charge in [-0.15, -0.1) is 0 Å². The molecule has 2 aromatic carbocycles. The van der Waals surface area contributed by atoms with E-state index in [2.05, 4.69) is 15.9 Å². The van der Waals surface area contributed by atoms with Crippen molar-refractivity contribution < 1.29 is 9.59 Å². The normalized spacial score (nSPS) is 13.5. The summed E-state index contributed by atoms with van der Waals surface area (Å²) < 4.78 is 0.752. The zero-order valence-corrected chi connectivity index (χ0v) is 13.5. The van der Waals surface area contributed by atoms with E-state index in [9.17, 15) is 9.59 Å². The van der Waals surface area contributed by atoms with Gasteiger partial charge in [0.05, 0.1) is 11.4 Å². The first-order valence-corrected chi connectivity index (χ1v) is 7.53. The van der Waals surface area contributed by atoms with Gasteiger partial charge in [-0.05, 0) is 57.9 Å². The van der Waals surface area contributed by atoms with Crippen molar-refractivity contribution >= 4 is 44.9 Å². The van der Waals surface area contributed by atoms with E-state index in [4.69, 9.17) is 11.6 Å². The lowest BCUT2D eigenvalue weighted by Gasteiger charge is -2.10. The van der Waals surface area contributed by atoms with Gasteiger partial charge in [0.15, 0.2) is 5.78 Å². The number of anilines is 1. The minimum atomic E-state index is -0.103. The number of amides is 1. The van der Waals surface area contributed by atoms with Crippen molar-refractivity contribution in [2.45, 2.75) is 6.42 Å². The lowest BCUT2D eigenvalue weighted by molar-refractivity contribution is -0.117. The Labute approximate surface area is 135 Å². The van der Waals surface area contributed by atoms with E-state index in [0.29, 0.717) is 22.6 Å². The molecule has 0 saturated carbocycles. The van der Waals surface area contributed by atoms with Crippen LogP contribution in [0.4, 0.5) is 5.69 Å². The van der Waals surface area contributed by atoms with Crippen LogP contribution in [0, 0.1) is 0 Å². The first-order valence-electron chi connectivity index (χ1n) is 6.36. The molecule has 0 saturated heterocycles. The number of carbonyl (C=O) groups excluding carboxylic acids is 2. The average Bonchev–Trinajstić information content (AvgIpc) is 2.76. The molecule has 0 bridgehead atoms. The van der Waals surface area contributed by atoms with E-state index >= 15 is 0 Å². The van der Waals surface area contributed by atoms with Crippen molar-refractivity contribution in [3.05, 3.63) is 62.6 Å². The zero-order chi connectivity index (χ0) is 15.1. The third kappa shape index (κ3) is 2.49. The maximum absolute atomic E-state index is 12.5. The van der Waals surface area contributed by atoms with Crippen molar-refractivity contribution in [3.8, 4) is 0 Å². The van der Waals surface area contributed by atoms with Crippen LogP contribution in [-0.2, 0) is 11.2 Å². The zero-order valence-electron chi connectivity index (χ0n) is 11.2. The maximum atomic E-state index is 12.5. The summed E-state index contributed by atoms with van der Waals surface area (Å²) >= 11 is 9.33. The number of halogens is 2. The minimum absolute atomic E-state index is 0.0429. The SMILES string of the molecule is CN1C(=O)Cc2cc(C(=O)c3ccc(Br)c(Cl)c3)ccc21. The highest BCUT2D eigenvalue weighted by Gasteiger charge is 2.25. The molecule has 0 spiro atoms. The molecule has 1 aliphatic rings. The highest BCUT2D eigenvalue weighted by atomic mass is 79.9. The monoisotopic (exact) mass is 363 g/mol. The number of fused-ring (bicyclic) bond motifs is 1. The summed E-state index contributed by atoms with van der Waals surface area (Å²) in [5.74, 6) is -0.0597. The molecule has 1 amide bonds. The number of carbonyl (C=O) groups is 2. The molecule has 2 aromatic rings. The molecule has 1 heterocycles. The summed E-state index contributed by atoms with van der Waals surface area (Å²) in [4.78, 5) is 25.8. The highest BCUT2D eigenvalue weighted by molar-refractivity contribution is 9.10. The third-order valence-electron chi connectivity index (χ3n) is 3.60. The lowest BCUT2D eigenvalue weighted by atomic mass is 10.0. The van der Waals surface area contributed by atoms with E-state index in [1.54, 1.807) is 42.3 Å². The number of hydrogen-bond acceptors (Lipinski definition) is 2. The molecular formula is C16H11BrClNO2. The molecule has 0 radical (unpaired) electrons. The van der Waals surface area contributed by atoms with Gasteiger partial charge in [0.25, 0.3) is 0 Å². The quantitative estimate of drug-likeness (QED) is 0.759. The Balaban J connectivity index is 1.98. The van der Waals surface area contributed by atoms with Crippen molar-refractivity contribution in [3.63, 3.8) is 0 Å². The fourth-order valence-corrected chi connectivity index (χ4v) is 2.84. The molecule has 1 aliphatic heterocycles. The smallest absolute Gasteiger partial charge is 0.231 e. The summed E-state index contributed by atoms with van der Waals surface area (Å²) in [5.41, 5.74) is 2.85. The standard InChI is InChI=1S/C16H11BrClNO2/c1-19-14-5-3-9(6-11(14)8-15(19)20)16(21)10-2-4-12(17)13(18)7-10/h2-7H,8H2,1H3. The van der Waals surface area contributed by atoms with Gasteiger partial charge >= 0.3 is 0 Å². The van der Waals surface area contributed by atoms with Crippen LogP contribution in [0.15, 0.2) is 40.9 Å². The Morgan fingerprint density at radius 3 is 2.57 bits per heavy atom. The molecule has 0 unspecified atom stereocenters. The Bertz CT molecular complexity index is 773. The Morgan fingerprint density at radius 1 is 1.19 bits per heavy atom. The first-order chi connectivity index (χ1) is 9.97. The molecule has 0 aromatic heterocycles. The fourth-order valence-electron chi connectivity index (χ4n) is 2.42. The van der Waals surface area contributed by atoms with Gasteiger partial charge < -0.3 is 4.90 Å². The molecule has 21 heavy (non-hydrogen) atoms. The summed E-state index contributed by atoms with van der Waals surface area (Å²) in [6, 6.07) is 10.5. The number of likely N-dealkylation sites (N-methyl/N-ethyl adjacent to an activating group) is 1.